The van der Waals surface area contributed by atoms with Gasteiger partial charge in [-0.05, 0) is 87.2 Å². The summed E-state index contributed by atoms with van der Waals surface area (Å²) in [5.74, 6) is 2.43. The van der Waals surface area contributed by atoms with Crippen LogP contribution in [0.25, 0.3) is 0 Å². The fraction of sp³-hybridized carbons (Fsp3) is 0.609. The van der Waals surface area contributed by atoms with Crippen LogP contribution in [0.3, 0.4) is 0 Å². The van der Waals surface area contributed by atoms with Crippen LogP contribution in [0.5, 0.6) is 0 Å². The Morgan fingerprint density at radius 3 is 2.71 bits per heavy atom. The highest BCUT2D eigenvalue weighted by atomic mass is 32.1. The fourth-order valence-corrected chi connectivity index (χ4v) is 7.10. The lowest BCUT2D eigenvalue weighted by Crippen LogP contribution is -2.54. The van der Waals surface area contributed by atoms with Gasteiger partial charge in [-0.1, -0.05) is 6.07 Å². The zero-order chi connectivity index (χ0) is 19.1. The van der Waals surface area contributed by atoms with E-state index in [-0.39, 0.29) is 5.78 Å². The van der Waals surface area contributed by atoms with Crippen molar-refractivity contribution >= 4 is 17.1 Å². The van der Waals surface area contributed by atoms with Crippen molar-refractivity contribution < 1.29 is 9.90 Å². The number of ketones is 1. The van der Waals surface area contributed by atoms with Gasteiger partial charge in [0.2, 0.25) is 0 Å². The molecule has 4 nitrogen and oxygen atoms in total. The molecule has 2 aromatic heterocycles. The molecule has 28 heavy (non-hydrogen) atoms. The Morgan fingerprint density at radius 2 is 2.00 bits per heavy atom. The molecule has 148 valence electrons. The number of Topliss-reactive ketones (excluding diaryl/α,β-unsaturated/α-hetero) is 1. The Balaban J connectivity index is 1.17. The number of rotatable bonds is 7. The molecule has 0 saturated heterocycles. The first-order chi connectivity index (χ1) is 13.6. The smallest absolute Gasteiger partial charge is 0.182 e. The molecule has 4 bridgehead atoms. The summed E-state index contributed by atoms with van der Waals surface area (Å²) in [7, 11) is 0. The summed E-state index contributed by atoms with van der Waals surface area (Å²) in [5, 5.41) is 13.7. The number of thiazole rings is 1. The van der Waals surface area contributed by atoms with Gasteiger partial charge in [0.1, 0.15) is 5.69 Å². The minimum absolute atomic E-state index is 0.205. The van der Waals surface area contributed by atoms with Crippen LogP contribution >= 0.6 is 11.3 Å². The van der Waals surface area contributed by atoms with Crippen molar-refractivity contribution in [1.82, 2.24) is 9.97 Å². The molecular weight excluding hydrogens is 368 g/mol. The number of aromatic nitrogens is 2. The predicted molar refractivity (Wildman–Crippen MR) is 109 cm³/mol. The first kappa shape index (κ1) is 18.4. The Morgan fingerprint density at radius 1 is 1.18 bits per heavy atom. The summed E-state index contributed by atoms with van der Waals surface area (Å²) in [6, 6.07) is 6.01. The van der Waals surface area contributed by atoms with Gasteiger partial charge in [-0.3, -0.25) is 9.78 Å². The number of aryl methyl sites for hydroxylation is 2. The van der Waals surface area contributed by atoms with Crippen molar-refractivity contribution in [3.05, 3.63) is 46.2 Å². The summed E-state index contributed by atoms with van der Waals surface area (Å²) >= 11 is 1.61. The first-order valence-corrected chi connectivity index (χ1v) is 11.6. The summed E-state index contributed by atoms with van der Waals surface area (Å²) in [6.07, 6.45) is 10.5. The topological polar surface area (TPSA) is 63.1 Å². The second-order valence-corrected chi connectivity index (χ2v) is 10.2. The van der Waals surface area contributed by atoms with Crippen LogP contribution in [0.1, 0.15) is 66.1 Å². The monoisotopic (exact) mass is 396 g/mol. The molecule has 5 heteroatoms. The quantitative estimate of drug-likeness (QED) is 0.701. The average Bonchev–Trinajstić information content (AvgIpc) is 3.13. The molecule has 0 aromatic carbocycles. The molecule has 0 radical (unpaired) electrons. The van der Waals surface area contributed by atoms with Gasteiger partial charge in [-0.2, -0.15) is 0 Å². The Bertz CT molecular complexity index is 833. The average molecular weight is 397 g/mol. The third-order valence-electron chi connectivity index (χ3n) is 7.24. The Hall–Kier alpha value is -1.59. The molecule has 2 atom stereocenters. The number of carbonyl (C=O) groups is 1. The SMILES string of the molecule is O=C(CC1C2CC3CC1CC(O)(C3)C2)c1csc(CCCc2ccccn2)n1. The summed E-state index contributed by atoms with van der Waals surface area (Å²) in [4.78, 5) is 21.9. The van der Waals surface area contributed by atoms with Gasteiger partial charge in [0.25, 0.3) is 0 Å². The maximum atomic E-state index is 12.9. The fourth-order valence-electron chi connectivity index (χ4n) is 6.26. The van der Waals surface area contributed by atoms with E-state index in [2.05, 4.69) is 16.0 Å². The van der Waals surface area contributed by atoms with Crippen molar-refractivity contribution in [2.75, 3.05) is 0 Å². The number of nitrogens with zero attached hydrogens (tertiary/aromatic N) is 2. The van der Waals surface area contributed by atoms with E-state index in [0.29, 0.717) is 35.8 Å². The predicted octanol–water partition coefficient (Wildman–Crippen LogP) is 4.47. The number of carbonyl (C=O) groups excluding carboxylic acids is 1. The van der Waals surface area contributed by atoms with E-state index >= 15 is 0 Å². The van der Waals surface area contributed by atoms with Crippen LogP contribution in [-0.2, 0) is 12.8 Å². The molecule has 1 N–H and O–H groups in total. The molecule has 0 amide bonds. The lowest BCUT2D eigenvalue weighted by Gasteiger charge is -2.58. The highest BCUT2D eigenvalue weighted by molar-refractivity contribution is 7.09. The van der Waals surface area contributed by atoms with Gasteiger partial charge < -0.3 is 5.11 Å². The highest BCUT2D eigenvalue weighted by Crippen LogP contribution is 2.59. The second kappa shape index (κ2) is 7.34. The van der Waals surface area contributed by atoms with E-state index in [1.807, 2.05) is 23.7 Å². The molecule has 0 spiro atoms. The summed E-state index contributed by atoms with van der Waals surface area (Å²) in [5.41, 5.74) is 1.35. The minimum Gasteiger partial charge on any atom is -0.390 e. The zero-order valence-corrected chi connectivity index (χ0v) is 17.0. The van der Waals surface area contributed by atoms with Crippen molar-refractivity contribution in [3.63, 3.8) is 0 Å². The minimum atomic E-state index is -0.419. The molecule has 6 rings (SSSR count). The largest absolute Gasteiger partial charge is 0.390 e. The number of hydrogen-bond donors (Lipinski definition) is 1. The van der Waals surface area contributed by atoms with Gasteiger partial charge in [0.15, 0.2) is 5.78 Å². The van der Waals surface area contributed by atoms with Crippen LogP contribution in [0.2, 0.25) is 0 Å². The molecule has 0 aliphatic heterocycles. The van der Waals surface area contributed by atoms with Crippen LogP contribution in [0.15, 0.2) is 29.8 Å². The van der Waals surface area contributed by atoms with Crippen LogP contribution in [-0.4, -0.2) is 26.5 Å². The van der Waals surface area contributed by atoms with Crippen LogP contribution in [0, 0.1) is 23.7 Å². The van der Waals surface area contributed by atoms with Gasteiger partial charge in [0, 0.05) is 23.7 Å². The van der Waals surface area contributed by atoms with Crippen molar-refractivity contribution in [2.45, 2.75) is 63.4 Å². The number of hydrogen-bond acceptors (Lipinski definition) is 5. The molecule has 4 aliphatic rings. The first-order valence-electron chi connectivity index (χ1n) is 10.7. The van der Waals surface area contributed by atoms with E-state index in [0.717, 1.165) is 49.2 Å². The van der Waals surface area contributed by atoms with Crippen molar-refractivity contribution in [1.29, 1.82) is 0 Å². The molecule has 2 aromatic rings. The van der Waals surface area contributed by atoms with E-state index < -0.39 is 5.60 Å². The molecule has 2 heterocycles. The Labute approximate surface area is 170 Å². The van der Waals surface area contributed by atoms with Crippen molar-refractivity contribution in [3.8, 4) is 0 Å². The zero-order valence-electron chi connectivity index (χ0n) is 16.2. The third kappa shape index (κ3) is 3.67. The molecule has 4 fully saturated rings. The lowest BCUT2D eigenvalue weighted by atomic mass is 9.49. The van der Waals surface area contributed by atoms with Crippen LogP contribution in [0.4, 0.5) is 0 Å². The number of aliphatic hydroxyl groups is 1. The molecule has 4 saturated carbocycles. The lowest BCUT2D eigenvalue weighted by molar-refractivity contribution is -0.151. The van der Waals surface area contributed by atoms with E-state index in [4.69, 9.17) is 0 Å². The normalized spacial score (nSPS) is 33.3. The second-order valence-electron chi connectivity index (χ2n) is 9.29. The molecule has 4 aliphatic carbocycles. The Kier molecular flexibility index (Phi) is 4.84. The number of pyridine rings is 1. The molecule has 2 unspecified atom stereocenters. The highest BCUT2D eigenvalue weighted by Gasteiger charge is 2.54. The molecular formula is C23H28N2O2S. The van der Waals surface area contributed by atoms with Gasteiger partial charge in [-0.25, -0.2) is 4.98 Å². The van der Waals surface area contributed by atoms with Crippen LogP contribution < -0.4 is 0 Å². The van der Waals surface area contributed by atoms with Gasteiger partial charge in [0.05, 0.1) is 10.6 Å². The van der Waals surface area contributed by atoms with Gasteiger partial charge >= 0.3 is 0 Å². The van der Waals surface area contributed by atoms with E-state index in [1.165, 1.54) is 12.8 Å². The van der Waals surface area contributed by atoms with Crippen molar-refractivity contribution in [2.24, 2.45) is 23.7 Å². The third-order valence-corrected chi connectivity index (χ3v) is 8.15. The standard InChI is InChI=1S/C23H28N2O2S/c26-21(10-19-16-8-15-9-17(19)13-23(27,11-15)12-16)20-14-28-22(25-20)6-3-5-18-4-1-2-7-24-18/h1-2,4,7,14-17,19,27H,3,5-6,8-13H2. The maximum Gasteiger partial charge on any atom is 0.182 e. The summed E-state index contributed by atoms with van der Waals surface area (Å²) in [6.45, 7) is 0. The maximum absolute atomic E-state index is 12.9. The van der Waals surface area contributed by atoms with E-state index in [1.54, 1.807) is 11.3 Å². The summed E-state index contributed by atoms with van der Waals surface area (Å²) < 4.78 is 0. The van der Waals surface area contributed by atoms with Gasteiger partial charge in [-0.15, -0.1) is 11.3 Å². The van der Waals surface area contributed by atoms with E-state index in [9.17, 15) is 9.90 Å².